The molecule has 0 saturated heterocycles. The molecule has 3 heterocycles. The van der Waals surface area contributed by atoms with Crippen LogP contribution in [-0.2, 0) is 13.0 Å². The summed E-state index contributed by atoms with van der Waals surface area (Å²) in [6.45, 7) is 0.354. The minimum Gasteiger partial charge on any atom is -0.489 e. The summed E-state index contributed by atoms with van der Waals surface area (Å²) in [6.07, 6.45) is 10.4. The molecule has 0 fully saturated rings. The van der Waals surface area contributed by atoms with Crippen LogP contribution in [0.2, 0.25) is 0 Å². The van der Waals surface area contributed by atoms with Crippen LogP contribution in [0.4, 0.5) is 0 Å². The van der Waals surface area contributed by atoms with Crippen molar-refractivity contribution in [2.45, 2.75) is 13.0 Å². The van der Waals surface area contributed by atoms with E-state index in [1.54, 1.807) is 47.7 Å². The van der Waals surface area contributed by atoms with E-state index in [0.29, 0.717) is 41.0 Å². The Bertz CT molecular complexity index is 1380. The number of para-hydroxylation sites is 1. The van der Waals surface area contributed by atoms with Crippen LogP contribution in [0.5, 0.6) is 5.75 Å². The Morgan fingerprint density at radius 3 is 2.77 bits per heavy atom. The lowest BCUT2D eigenvalue weighted by Crippen LogP contribution is -2.10. The topological polar surface area (TPSA) is 83.0 Å². The number of aromatic nitrogens is 4. The van der Waals surface area contributed by atoms with Gasteiger partial charge in [0, 0.05) is 48.4 Å². The predicted octanol–water partition coefficient (Wildman–Crippen LogP) is 3.94. The monoisotopic (exact) mass is 410 g/mol. The van der Waals surface area contributed by atoms with E-state index in [1.165, 1.54) is 6.26 Å². The first kappa shape index (κ1) is 18.7. The lowest BCUT2D eigenvalue weighted by Gasteiger charge is -2.06. The summed E-state index contributed by atoms with van der Waals surface area (Å²) < 4.78 is 13.4. The number of hydrogen-bond acceptors (Lipinski definition) is 6. The fourth-order valence-corrected chi connectivity index (χ4v) is 3.30. The third kappa shape index (κ3) is 4.06. The molecule has 0 N–H and O–H groups in total. The predicted molar refractivity (Wildman–Crippen MR) is 115 cm³/mol. The zero-order valence-corrected chi connectivity index (χ0v) is 16.5. The molecule has 0 bridgehead atoms. The van der Waals surface area contributed by atoms with Crippen LogP contribution in [0.15, 0.2) is 95.0 Å². The summed E-state index contributed by atoms with van der Waals surface area (Å²) in [7, 11) is 0. The second-order valence-corrected chi connectivity index (χ2v) is 7.04. The third-order valence-electron chi connectivity index (χ3n) is 4.87. The van der Waals surface area contributed by atoms with E-state index < -0.39 is 0 Å². The first-order valence-electron chi connectivity index (χ1n) is 9.77. The fraction of sp³-hybridized carbons (Fsp3) is 0.0833. The van der Waals surface area contributed by atoms with Crippen molar-refractivity contribution < 1.29 is 9.15 Å². The van der Waals surface area contributed by atoms with Gasteiger partial charge in [0.15, 0.2) is 5.43 Å². The van der Waals surface area contributed by atoms with Crippen LogP contribution < -0.4 is 10.2 Å². The maximum atomic E-state index is 12.8. The summed E-state index contributed by atoms with van der Waals surface area (Å²) in [6, 6.07) is 15.1. The minimum absolute atomic E-state index is 0.0809. The van der Waals surface area contributed by atoms with Gasteiger partial charge in [-0.1, -0.05) is 18.2 Å². The molecule has 0 radical (unpaired) electrons. The molecule has 5 rings (SSSR count). The van der Waals surface area contributed by atoms with E-state index >= 15 is 0 Å². The zero-order chi connectivity index (χ0) is 21.0. The van der Waals surface area contributed by atoms with Crippen LogP contribution in [0, 0.1) is 0 Å². The molecule has 5 aromatic rings. The molecule has 2 aromatic carbocycles. The van der Waals surface area contributed by atoms with E-state index in [-0.39, 0.29) is 5.43 Å². The Hall–Kier alpha value is -4.26. The average Bonchev–Trinajstić information content (AvgIpc) is 3.30. The van der Waals surface area contributed by atoms with Gasteiger partial charge in [-0.25, -0.2) is 4.68 Å². The van der Waals surface area contributed by atoms with Gasteiger partial charge in [-0.05, 0) is 24.3 Å². The largest absolute Gasteiger partial charge is 0.489 e. The zero-order valence-electron chi connectivity index (χ0n) is 16.5. The van der Waals surface area contributed by atoms with E-state index in [4.69, 9.17) is 9.15 Å². The first-order valence-corrected chi connectivity index (χ1v) is 9.77. The quantitative estimate of drug-likeness (QED) is 0.422. The molecule has 152 valence electrons. The first-order chi connectivity index (χ1) is 15.3. The molecule has 0 aliphatic rings. The summed E-state index contributed by atoms with van der Waals surface area (Å²) >= 11 is 0. The van der Waals surface area contributed by atoms with Crippen molar-refractivity contribution >= 4 is 11.0 Å². The molecule has 31 heavy (non-hydrogen) atoms. The van der Waals surface area contributed by atoms with Gasteiger partial charge in [0.1, 0.15) is 17.9 Å². The van der Waals surface area contributed by atoms with Gasteiger partial charge in [0.25, 0.3) is 0 Å². The van der Waals surface area contributed by atoms with Gasteiger partial charge in [0.05, 0.1) is 29.2 Å². The lowest BCUT2D eigenvalue weighted by molar-refractivity contribution is 0.306. The Morgan fingerprint density at radius 1 is 1.03 bits per heavy atom. The molecule has 3 aromatic heterocycles. The van der Waals surface area contributed by atoms with Crippen molar-refractivity contribution in [3.63, 3.8) is 0 Å². The van der Waals surface area contributed by atoms with Crippen molar-refractivity contribution in [1.29, 1.82) is 0 Å². The molecule has 0 aliphatic heterocycles. The van der Waals surface area contributed by atoms with Gasteiger partial charge in [-0.3, -0.25) is 14.8 Å². The fourth-order valence-electron chi connectivity index (χ4n) is 3.30. The van der Waals surface area contributed by atoms with Gasteiger partial charge >= 0.3 is 0 Å². The van der Waals surface area contributed by atoms with Gasteiger partial charge < -0.3 is 9.15 Å². The molecule has 0 atom stereocenters. The Labute approximate surface area is 177 Å². The summed E-state index contributed by atoms with van der Waals surface area (Å²) in [5, 5.41) is 4.88. The number of rotatable bonds is 6. The van der Waals surface area contributed by atoms with Crippen molar-refractivity contribution in [2.24, 2.45) is 0 Å². The Kier molecular flexibility index (Phi) is 4.98. The normalized spacial score (nSPS) is 11.0. The van der Waals surface area contributed by atoms with Crippen molar-refractivity contribution in [2.75, 3.05) is 0 Å². The molecule has 0 amide bonds. The Morgan fingerprint density at radius 2 is 1.94 bits per heavy atom. The SMILES string of the molecule is O=c1c(Cc2cnccn2)coc2cc(OCc3cnn(-c4ccccc4)c3)ccc12. The highest BCUT2D eigenvalue weighted by molar-refractivity contribution is 5.78. The lowest BCUT2D eigenvalue weighted by atomic mass is 10.1. The molecular formula is C24H18N4O3. The smallest absolute Gasteiger partial charge is 0.196 e. The van der Waals surface area contributed by atoms with E-state index in [9.17, 15) is 4.79 Å². The maximum absolute atomic E-state index is 12.8. The number of ether oxygens (including phenoxy) is 1. The molecule has 0 unspecified atom stereocenters. The van der Waals surface area contributed by atoms with Crippen molar-refractivity contribution in [3.05, 3.63) is 113 Å². The second kappa shape index (κ2) is 8.23. The maximum Gasteiger partial charge on any atom is 0.196 e. The highest BCUT2D eigenvalue weighted by Crippen LogP contribution is 2.21. The van der Waals surface area contributed by atoms with Crippen molar-refractivity contribution in [1.82, 2.24) is 19.7 Å². The number of fused-ring (bicyclic) bond motifs is 1. The molecule has 0 aliphatic carbocycles. The molecule has 7 nitrogen and oxygen atoms in total. The highest BCUT2D eigenvalue weighted by Gasteiger charge is 2.10. The second-order valence-electron chi connectivity index (χ2n) is 7.04. The van der Waals surface area contributed by atoms with Crippen molar-refractivity contribution in [3.8, 4) is 11.4 Å². The number of benzene rings is 2. The average molecular weight is 410 g/mol. The highest BCUT2D eigenvalue weighted by atomic mass is 16.5. The van der Waals surface area contributed by atoms with Crippen LogP contribution in [-0.4, -0.2) is 19.7 Å². The van der Waals surface area contributed by atoms with Crippen LogP contribution in [0.25, 0.3) is 16.7 Å². The standard InChI is InChI=1S/C24H18N4O3/c29-24-18(10-19-13-25-8-9-26-19)16-31-23-11-21(6-7-22(23)24)30-15-17-12-27-28(14-17)20-4-2-1-3-5-20/h1-9,11-14,16H,10,15H2. The van der Waals surface area contributed by atoms with Crippen LogP contribution in [0.3, 0.4) is 0 Å². The van der Waals surface area contributed by atoms with Gasteiger partial charge in [0.2, 0.25) is 0 Å². The van der Waals surface area contributed by atoms with Crippen LogP contribution >= 0.6 is 0 Å². The molecule has 7 heteroatoms. The summed E-state index contributed by atoms with van der Waals surface area (Å²) in [4.78, 5) is 21.0. The Balaban J connectivity index is 1.32. The van der Waals surface area contributed by atoms with Crippen LogP contribution in [0.1, 0.15) is 16.8 Å². The number of hydrogen-bond donors (Lipinski definition) is 0. The number of nitrogens with zero attached hydrogens (tertiary/aromatic N) is 4. The van der Waals surface area contributed by atoms with E-state index in [0.717, 1.165) is 11.3 Å². The third-order valence-corrected chi connectivity index (χ3v) is 4.87. The van der Waals surface area contributed by atoms with E-state index in [2.05, 4.69) is 15.1 Å². The molecule has 0 spiro atoms. The van der Waals surface area contributed by atoms with Gasteiger partial charge in [-0.15, -0.1) is 0 Å². The van der Waals surface area contributed by atoms with E-state index in [1.807, 2.05) is 36.5 Å². The molecule has 0 saturated carbocycles. The summed E-state index contributed by atoms with van der Waals surface area (Å²) in [5.41, 5.74) is 3.57. The van der Waals surface area contributed by atoms with Gasteiger partial charge in [-0.2, -0.15) is 5.10 Å². The summed E-state index contributed by atoms with van der Waals surface area (Å²) in [5.74, 6) is 0.616. The molecular weight excluding hydrogens is 392 g/mol. The minimum atomic E-state index is -0.0809.